The van der Waals surface area contributed by atoms with Crippen molar-refractivity contribution in [2.24, 2.45) is 5.73 Å². The van der Waals surface area contributed by atoms with Crippen LogP contribution in [0, 0.1) is 0 Å². The summed E-state index contributed by atoms with van der Waals surface area (Å²) in [6.45, 7) is 2.48. The van der Waals surface area contributed by atoms with E-state index in [0.717, 1.165) is 11.1 Å². The molecule has 0 fully saturated rings. The first-order chi connectivity index (χ1) is 13.1. The summed E-state index contributed by atoms with van der Waals surface area (Å²) in [5.41, 5.74) is 8.34. The fraction of sp³-hybridized carbons (Fsp3) is 0.174. The molecule has 138 valence electrons. The summed E-state index contributed by atoms with van der Waals surface area (Å²) in [5.74, 6) is 0.992. The van der Waals surface area contributed by atoms with Crippen LogP contribution in [-0.4, -0.2) is 11.8 Å². The largest absolute Gasteiger partial charge is 0.485 e. The van der Waals surface area contributed by atoms with E-state index in [-0.39, 0.29) is 5.78 Å². The average molecular weight is 361 g/mol. The Morgan fingerprint density at radius 3 is 1.85 bits per heavy atom. The summed E-state index contributed by atoms with van der Waals surface area (Å²) in [6, 6.07) is 24.4. The van der Waals surface area contributed by atoms with Crippen LogP contribution in [0.2, 0.25) is 0 Å². The van der Waals surface area contributed by atoms with Crippen molar-refractivity contribution >= 4 is 5.78 Å². The highest BCUT2D eigenvalue weighted by atomic mass is 16.5. The predicted octanol–water partition coefficient (Wildman–Crippen LogP) is 4.37. The average Bonchev–Trinajstić information content (AvgIpc) is 2.72. The maximum Gasteiger partial charge on any atom is 0.179 e. The van der Waals surface area contributed by atoms with Crippen LogP contribution in [0.4, 0.5) is 0 Å². The molecule has 4 heteroatoms. The van der Waals surface area contributed by atoms with Gasteiger partial charge in [0, 0.05) is 5.56 Å². The Hall–Kier alpha value is -3.11. The Bertz CT molecular complexity index is 877. The second kappa shape index (κ2) is 9.01. The van der Waals surface area contributed by atoms with Crippen LogP contribution in [0.15, 0.2) is 78.9 Å². The van der Waals surface area contributed by atoms with Crippen molar-refractivity contribution in [1.82, 2.24) is 0 Å². The standard InChI is InChI=1S/C23H23NO3/c1-17(24)23(25)20-12-13-21(26-15-18-8-4-2-5-9-18)22(14-20)27-16-19-10-6-3-7-11-19/h2-14,17H,15-16,24H2,1H3/t17-/m0/s1. The third kappa shape index (κ3) is 5.19. The molecule has 0 radical (unpaired) electrons. The van der Waals surface area contributed by atoms with Gasteiger partial charge in [0.1, 0.15) is 13.2 Å². The van der Waals surface area contributed by atoms with Gasteiger partial charge in [-0.1, -0.05) is 60.7 Å². The summed E-state index contributed by atoms with van der Waals surface area (Å²) in [6.07, 6.45) is 0. The highest BCUT2D eigenvalue weighted by molar-refractivity contribution is 6.00. The van der Waals surface area contributed by atoms with Crippen LogP contribution >= 0.6 is 0 Å². The number of Topliss-reactive ketones (excluding diaryl/α,β-unsaturated/α-hetero) is 1. The summed E-state index contributed by atoms with van der Waals surface area (Å²) >= 11 is 0. The lowest BCUT2D eigenvalue weighted by molar-refractivity contribution is 0.0967. The van der Waals surface area contributed by atoms with Crippen molar-refractivity contribution in [3.63, 3.8) is 0 Å². The molecule has 4 nitrogen and oxygen atoms in total. The molecule has 2 N–H and O–H groups in total. The van der Waals surface area contributed by atoms with Crippen LogP contribution in [0.1, 0.15) is 28.4 Å². The minimum absolute atomic E-state index is 0.130. The van der Waals surface area contributed by atoms with E-state index >= 15 is 0 Å². The van der Waals surface area contributed by atoms with Crippen molar-refractivity contribution in [2.75, 3.05) is 0 Å². The molecule has 0 saturated heterocycles. The Labute approximate surface area is 159 Å². The molecule has 0 spiro atoms. The van der Waals surface area contributed by atoms with Gasteiger partial charge in [0.05, 0.1) is 6.04 Å². The zero-order valence-electron chi connectivity index (χ0n) is 15.3. The number of nitrogens with two attached hydrogens (primary N) is 1. The molecule has 0 aromatic heterocycles. The zero-order valence-corrected chi connectivity index (χ0v) is 15.3. The second-order valence-electron chi connectivity index (χ2n) is 6.36. The van der Waals surface area contributed by atoms with E-state index in [1.807, 2.05) is 60.7 Å². The molecule has 3 aromatic rings. The molecule has 0 unspecified atom stereocenters. The van der Waals surface area contributed by atoms with E-state index in [0.29, 0.717) is 30.3 Å². The maximum absolute atomic E-state index is 12.2. The van der Waals surface area contributed by atoms with Crippen molar-refractivity contribution in [2.45, 2.75) is 26.2 Å². The molecule has 0 saturated carbocycles. The molecule has 0 bridgehead atoms. The highest BCUT2D eigenvalue weighted by Gasteiger charge is 2.15. The van der Waals surface area contributed by atoms with Gasteiger partial charge in [-0.15, -0.1) is 0 Å². The number of rotatable bonds is 8. The topological polar surface area (TPSA) is 61.6 Å². The number of ether oxygens (including phenoxy) is 2. The van der Waals surface area contributed by atoms with Gasteiger partial charge in [0.15, 0.2) is 17.3 Å². The maximum atomic E-state index is 12.2. The zero-order chi connectivity index (χ0) is 19.1. The third-order valence-corrected chi connectivity index (χ3v) is 4.12. The minimum Gasteiger partial charge on any atom is -0.485 e. The van der Waals surface area contributed by atoms with Crippen LogP contribution in [-0.2, 0) is 13.2 Å². The molecule has 3 aromatic carbocycles. The number of benzene rings is 3. The normalized spacial score (nSPS) is 11.6. The van der Waals surface area contributed by atoms with E-state index in [4.69, 9.17) is 15.2 Å². The molecule has 0 amide bonds. The van der Waals surface area contributed by atoms with Gasteiger partial charge < -0.3 is 15.2 Å². The molecule has 0 aliphatic carbocycles. The lowest BCUT2D eigenvalue weighted by atomic mass is 10.1. The number of carbonyl (C=O) groups excluding carboxylic acids is 1. The lowest BCUT2D eigenvalue weighted by Crippen LogP contribution is -2.26. The van der Waals surface area contributed by atoms with Crippen molar-refractivity contribution in [3.8, 4) is 11.5 Å². The first-order valence-electron chi connectivity index (χ1n) is 8.91. The third-order valence-electron chi connectivity index (χ3n) is 4.12. The van der Waals surface area contributed by atoms with E-state index < -0.39 is 6.04 Å². The van der Waals surface area contributed by atoms with E-state index in [1.165, 1.54) is 0 Å². The van der Waals surface area contributed by atoms with Gasteiger partial charge in [-0.05, 0) is 36.2 Å². The molecule has 0 aliphatic heterocycles. The molecular weight excluding hydrogens is 338 g/mol. The van der Waals surface area contributed by atoms with Crippen LogP contribution in [0.3, 0.4) is 0 Å². The summed E-state index contributed by atoms with van der Waals surface area (Å²) in [4.78, 5) is 12.2. The van der Waals surface area contributed by atoms with Crippen LogP contribution in [0.25, 0.3) is 0 Å². The number of carbonyl (C=O) groups is 1. The summed E-state index contributed by atoms with van der Waals surface area (Å²) < 4.78 is 11.9. The first-order valence-corrected chi connectivity index (χ1v) is 8.91. The first kappa shape index (κ1) is 18.7. The minimum atomic E-state index is -0.567. The molecule has 1 atom stereocenters. The van der Waals surface area contributed by atoms with Gasteiger partial charge in [-0.3, -0.25) is 4.79 Å². The van der Waals surface area contributed by atoms with Crippen LogP contribution < -0.4 is 15.2 Å². The van der Waals surface area contributed by atoms with Gasteiger partial charge >= 0.3 is 0 Å². The van der Waals surface area contributed by atoms with Crippen molar-refractivity contribution < 1.29 is 14.3 Å². The number of hydrogen-bond donors (Lipinski definition) is 1. The van der Waals surface area contributed by atoms with E-state index in [9.17, 15) is 4.79 Å². The number of ketones is 1. The summed E-state index contributed by atoms with van der Waals surface area (Å²) in [7, 11) is 0. The Kier molecular flexibility index (Phi) is 6.23. The molecular formula is C23H23NO3. The van der Waals surface area contributed by atoms with Crippen molar-refractivity contribution in [1.29, 1.82) is 0 Å². The molecule has 0 heterocycles. The molecule has 27 heavy (non-hydrogen) atoms. The Balaban J connectivity index is 1.80. The fourth-order valence-electron chi connectivity index (χ4n) is 2.63. The predicted molar refractivity (Wildman–Crippen MR) is 106 cm³/mol. The Morgan fingerprint density at radius 2 is 1.33 bits per heavy atom. The smallest absolute Gasteiger partial charge is 0.179 e. The van der Waals surface area contributed by atoms with Crippen molar-refractivity contribution in [3.05, 3.63) is 95.6 Å². The highest BCUT2D eigenvalue weighted by Crippen LogP contribution is 2.30. The van der Waals surface area contributed by atoms with Gasteiger partial charge in [-0.25, -0.2) is 0 Å². The lowest BCUT2D eigenvalue weighted by Gasteiger charge is -2.15. The quantitative estimate of drug-likeness (QED) is 0.605. The monoisotopic (exact) mass is 361 g/mol. The Morgan fingerprint density at radius 1 is 0.815 bits per heavy atom. The molecule has 3 rings (SSSR count). The van der Waals surface area contributed by atoms with Gasteiger partial charge in [0.2, 0.25) is 0 Å². The van der Waals surface area contributed by atoms with Gasteiger partial charge in [-0.2, -0.15) is 0 Å². The number of hydrogen-bond acceptors (Lipinski definition) is 4. The fourth-order valence-corrected chi connectivity index (χ4v) is 2.63. The summed E-state index contributed by atoms with van der Waals surface area (Å²) in [5, 5.41) is 0. The molecule has 0 aliphatic rings. The van der Waals surface area contributed by atoms with E-state index in [1.54, 1.807) is 25.1 Å². The second-order valence-corrected chi connectivity index (χ2v) is 6.36. The van der Waals surface area contributed by atoms with Crippen LogP contribution in [0.5, 0.6) is 11.5 Å². The van der Waals surface area contributed by atoms with E-state index in [2.05, 4.69) is 0 Å². The SMILES string of the molecule is C[C@H](N)C(=O)c1ccc(OCc2ccccc2)c(OCc2ccccc2)c1. The van der Waals surface area contributed by atoms with Gasteiger partial charge in [0.25, 0.3) is 0 Å².